The van der Waals surface area contributed by atoms with E-state index in [1.165, 1.54) is 22.3 Å². The number of ether oxygens (including phenoxy) is 4. The number of anilines is 2. The maximum Gasteiger partial charge on any atom is 0.430 e. The van der Waals surface area contributed by atoms with E-state index in [0.717, 1.165) is 11.4 Å². The van der Waals surface area contributed by atoms with Gasteiger partial charge in [-0.3, -0.25) is 8.42 Å². The van der Waals surface area contributed by atoms with E-state index < -0.39 is 10.4 Å². The Kier molecular flexibility index (Phi) is 19.7. The number of benzene rings is 6. The standard InChI is InChI=1S/2C24H26N3O2.H2O4S/c2*1-3-28-23-16-22(24(29-4-2)15-21(23)26-25)27(17-19-11-7-5-8-12-19)18-20-13-9-6-10-14-20;1-5(2,3)4/h2*5-16H,3-4,17-18H2,1-2H3;(H2,1,2,3,4)/q2*+1;/p-2. The average molecular weight is 873 g/mol. The summed E-state index contributed by atoms with van der Waals surface area (Å²) in [4.78, 5) is 11.3. The first-order valence-electron chi connectivity index (χ1n) is 20.4. The number of hydrogen-bond acceptors (Lipinski definition) is 12. The lowest BCUT2D eigenvalue weighted by atomic mass is 10.1. The molecule has 0 unspecified atom stereocenters. The minimum absolute atomic E-state index is 0.360. The molecule has 0 amide bonds. The molecule has 0 radical (unpaired) electrons. The van der Waals surface area contributed by atoms with Crippen molar-refractivity contribution in [3.05, 3.63) is 178 Å². The fourth-order valence-corrected chi connectivity index (χ4v) is 6.48. The molecule has 0 saturated carbocycles. The molecular formula is C48H52N6O8S. The zero-order valence-corrected chi connectivity index (χ0v) is 36.7. The molecule has 14 nitrogen and oxygen atoms in total. The Morgan fingerprint density at radius 3 is 0.905 bits per heavy atom. The maximum atomic E-state index is 9.41. The van der Waals surface area contributed by atoms with Gasteiger partial charge >= 0.3 is 11.4 Å². The van der Waals surface area contributed by atoms with Gasteiger partial charge in [0, 0.05) is 48.7 Å². The van der Waals surface area contributed by atoms with Gasteiger partial charge < -0.3 is 37.9 Å². The second-order valence-corrected chi connectivity index (χ2v) is 14.4. The third-order valence-corrected chi connectivity index (χ3v) is 9.04. The van der Waals surface area contributed by atoms with Gasteiger partial charge in [-0.1, -0.05) is 121 Å². The Morgan fingerprint density at radius 1 is 0.444 bits per heavy atom. The molecule has 0 bridgehead atoms. The van der Waals surface area contributed by atoms with Crippen molar-refractivity contribution >= 4 is 33.1 Å². The van der Waals surface area contributed by atoms with E-state index in [0.29, 0.717) is 87.0 Å². The molecule has 328 valence electrons. The predicted octanol–water partition coefficient (Wildman–Crippen LogP) is 11.0. The fraction of sp³-hybridized carbons (Fsp3) is 0.250. The van der Waals surface area contributed by atoms with E-state index in [1.807, 2.05) is 113 Å². The highest BCUT2D eigenvalue weighted by molar-refractivity contribution is 7.79. The van der Waals surface area contributed by atoms with Crippen LogP contribution in [0.5, 0.6) is 23.0 Å². The lowest BCUT2D eigenvalue weighted by Gasteiger charge is -2.27. The molecule has 0 aromatic heterocycles. The van der Waals surface area contributed by atoms with Crippen molar-refractivity contribution in [3.8, 4) is 23.0 Å². The van der Waals surface area contributed by atoms with Gasteiger partial charge in [0.1, 0.15) is 0 Å². The SMILES string of the molecule is CCOc1cc(N(Cc2ccccc2)Cc2ccccc2)c(OCC)cc1[N+]#N.CCOc1cc(N(Cc2ccccc2)Cc2ccccc2)c(OCC)cc1[N+]#N.O=S(=O)([O-])[O-]. The summed E-state index contributed by atoms with van der Waals surface area (Å²) >= 11 is 0. The van der Waals surface area contributed by atoms with Gasteiger partial charge in [0.05, 0.1) is 49.9 Å². The second kappa shape index (κ2) is 25.6. The Labute approximate surface area is 370 Å². The number of diazo groups is 2. The minimum atomic E-state index is -5.17. The van der Waals surface area contributed by atoms with Gasteiger partial charge in [0.2, 0.25) is 22.3 Å². The Hall–Kier alpha value is -7.17. The largest absolute Gasteiger partial charge is 0.759 e. The molecule has 0 aliphatic heterocycles. The molecular weight excluding hydrogens is 821 g/mol. The molecule has 6 aromatic rings. The first kappa shape index (κ1) is 48.5. The Balaban J connectivity index is 0.000000250. The molecule has 0 spiro atoms. The van der Waals surface area contributed by atoms with Gasteiger partial charge in [0.25, 0.3) is 0 Å². The second-order valence-electron chi connectivity index (χ2n) is 13.6. The Morgan fingerprint density at radius 2 is 0.683 bits per heavy atom. The number of nitrogens with zero attached hydrogens (tertiary/aromatic N) is 6. The smallest absolute Gasteiger partial charge is 0.430 e. The minimum Gasteiger partial charge on any atom is -0.759 e. The maximum absolute atomic E-state index is 9.41. The van der Waals surface area contributed by atoms with Crippen LogP contribution in [0.15, 0.2) is 146 Å². The zero-order chi connectivity index (χ0) is 45.5. The molecule has 0 saturated heterocycles. The van der Waals surface area contributed by atoms with Gasteiger partial charge in [-0.2, -0.15) is 0 Å². The van der Waals surface area contributed by atoms with E-state index in [9.17, 15) is 10.8 Å². The van der Waals surface area contributed by atoms with Crippen molar-refractivity contribution in [2.24, 2.45) is 0 Å². The molecule has 0 heterocycles. The van der Waals surface area contributed by atoms with E-state index >= 15 is 0 Å². The highest BCUT2D eigenvalue weighted by atomic mass is 32.3. The van der Waals surface area contributed by atoms with Crippen LogP contribution in [0.1, 0.15) is 49.9 Å². The third-order valence-electron chi connectivity index (χ3n) is 9.04. The number of rotatable bonds is 18. The molecule has 6 aromatic carbocycles. The summed E-state index contributed by atoms with van der Waals surface area (Å²) in [5.41, 5.74) is 7.29. The zero-order valence-electron chi connectivity index (χ0n) is 35.9. The average Bonchev–Trinajstić information content (AvgIpc) is 3.28. The van der Waals surface area contributed by atoms with E-state index in [1.54, 1.807) is 12.1 Å². The Bertz CT molecular complexity index is 2240. The van der Waals surface area contributed by atoms with Gasteiger partial charge in [0.15, 0.2) is 21.5 Å². The first-order chi connectivity index (χ1) is 30.5. The van der Waals surface area contributed by atoms with Crippen molar-refractivity contribution in [3.63, 3.8) is 0 Å². The summed E-state index contributed by atoms with van der Waals surface area (Å²) in [6.07, 6.45) is 0. The molecule has 15 heteroatoms. The lowest BCUT2D eigenvalue weighted by molar-refractivity contribution is 0.332. The molecule has 6 rings (SSSR count). The van der Waals surface area contributed by atoms with Crippen LogP contribution in [0, 0.1) is 10.8 Å². The summed E-state index contributed by atoms with van der Waals surface area (Å²) < 4.78 is 57.3. The fourth-order valence-electron chi connectivity index (χ4n) is 6.48. The van der Waals surface area contributed by atoms with Gasteiger partial charge in [-0.25, -0.2) is 0 Å². The van der Waals surface area contributed by atoms with E-state index in [4.69, 9.17) is 36.5 Å². The quantitative estimate of drug-likeness (QED) is 0.0454. The van der Waals surface area contributed by atoms with Crippen LogP contribution < -0.4 is 28.7 Å². The van der Waals surface area contributed by atoms with Crippen LogP contribution in [0.4, 0.5) is 22.7 Å². The van der Waals surface area contributed by atoms with Crippen LogP contribution in [0.25, 0.3) is 9.95 Å². The third kappa shape index (κ3) is 16.3. The van der Waals surface area contributed by atoms with E-state index in [-0.39, 0.29) is 0 Å². The van der Waals surface area contributed by atoms with Crippen molar-refractivity contribution in [1.29, 1.82) is 10.8 Å². The normalized spacial score (nSPS) is 10.3. The summed E-state index contributed by atoms with van der Waals surface area (Å²) in [5, 5.41) is 18.8. The van der Waals surface area contributed by atoms with Crippen molar-refractivity contribution in [2.75, 3.05) is 36.2 Å². The topological polar surface area (TPSA) is 180 Å². The van der Waals surface area contributed by atoms with Crippen LogP contribution in [0.3, 0.4) is 0 Å². The van der Waals surface area contributed by atoms with Crippen LogP contribution >= 0.6 is 0 Å². The predicted molar refractivity (Wildman–Crippen MR) is 243 cm³/mol. The molecule has 0 aliphatic carbocycles. The summed E-state index contributed by atoms with van der Waals surface area (Å²) in [6, 6.07) is 48.5. The lowest BCUT2D eigenvalue weighted by Crippen LogP contribution is -2.23. The molecule has 63 heavy (non-hydrogen) atoms. The van der Waals surface area contributed by atoms with Crippen molar-refractivity contribution in [1.82, 2.24) is 0 Å². The molecule has 0 aliphatic rings. The van der Waals surface area contributed by atoms with Crippen molar-refractivity contribution < 1.29 is 36.5 Å². The molecule has 0 atom stereocenters. The van der Waals surface area contributed by atoms with Crippen molar-refractivity contribution in [2.45, 2.75) is 53.9 Å². The van der Waals surface area contributed by atoms with Crippen LogP contribution in [-0.4, -0.2) is 44.0 Å². The monoisotopic (exact) mass is 872 g/mol. The summed E-state index contributed by atoms with van der Waals surface area (Å²) in [7, 11) is -5.17. The summed E-state index contributed by atoms with van der Waals surface area (Å²) in [5.74, 6) is 2.38. The van der Waals surface area contributed by atoms with Crippen LogP contribution in [0.2, 0.25) is 0 Å². The van der Waals surface area contributed by atoms with Gasteiger partial charge in [-0.05, 0) is 49.9 Å². The number of hydrogen-bond donors (Lipinski definition) is 0. The van der Waals surface area contributed by atoms with E-state index in [2.05, 4.69) is 68.3 Å². The highest BCUT2D eigenvalue weighted by Gasteiger charge is 2.26. The molecule has 0 N–H and O–H groups in total. The molecule has 0 fully saturated rings. The van der Waals surface area contributed by atoms with Gasteiger partial charge in [-0.15, -0.1) is 0 Å². The summed E-state index contributed by atoms with van der Waals surface area (Å²) in [6.45, 7) is 12.5. The van der Waals surface area contributed by atoms with Crippen LogP contribution in [-0.2, 0) is 36.6 Å². The highest BCUT2D eigenvalue weighted by Crippen LogP contribution is 2.43. The first-order valence-corrected chi connectivity index (χ1v) is 21.7.